The molecule has 6 rings (SSSR count). The van der Waals surface area contributed by atoms with Gasteiger partial charge in [-0.05, 0) is 0 Å². The Kier molecular flexibility index (Phi) is 4.83. The minimum Gasteiger partial charge on any atom is -0.378 e. The van der Waals surface area contributed by atoms with Crippen molar-refractivity contribution in [2.45, 2.75) is 6.54 Å². The number of benzene rings is 1. The highest BCUT2D eigenvalue weighted by atomic mass is 19.2. The number of aryl methyl sites for hydroxylation is 1. The highest BCUT2D eigenvalue weighted by molar-refractivity contribution is 5.78. The number of nitrogens with one attached hydrogen (secondary N) is 2. The first-order valence-corrected chi connectivity index (χ1v) is 10.7. The molecule has 5 aromatic rings. The van der Waals surface area contributed by atoms with Gasteiger partial charge in [-0.3, -0.25) is 4.68 Å². The smallest absolute Gasteiger partial charge is 0.230 e. The normalized spacial score (nSPS) is 14.4. The number of imidazole rings is 1. The second-order valence-electron chi connectivity index (χ2n) is 7.96. The Balaban J connectivity index is 1.38. The van der Waals surface area contributed by atoms with Crippen LogP contribution in [0.2, 0.25) is 0 Å². The fraction of sp³-hybridized carbons (Fsp3) is 0.286. The van der Waals surface area contributed by atoms with E-state index in [0.717, 1.165) is 23.3 Å². The number of nitrogens with zero attached hydrogens (tertiary/aromatic N) is 8. The number of aromatic nitrogens is 8. The van der Waals surface area contributed by atoms with Gasteiger partial charge in [0, 0.05) is 49.6 Å². The van der Waals surface area contributed by atoms with E-state index in [1.165, 1.54) is 0 Å². The summed E-state index contributed by atoms with van der Waals surface area (Å²) in [4.78, 5) is 18.9. The number of morpholine rings is 1. The number of halogens is 2. The van der Waals surface area contributed by atoms with E-state index < -0.39 is 11.6 Å². The van der Waals surface area contributed by atoms with E-state index in [1.54, 1.807) is 21.6 Å². The highest BCUT2D eigenvalue weighted by Gasteiger charge is 2.20. The third-order valence-corrected chi connectivity index (χ3v) is 5.65. The first-order chi connectivity index (χ1) is 16.5. The molecule has 2 N–H and O–H groups in total. The molecular weight excluding hydrogens is 446 g/mol. The monoisotopic (exact) mass is 466 g/mol. The van der Waals surface area contributed by atoms with Crippen molar-refractivity contribution in [2.24, 2.45) is 7.05 Å². The molecule has 0 spiro atoms. The molecule has 1 aliphatic rings. The van der Waals surface area contributed by atoms with Crippen LogP contribution in [-0.4, -0.2) is 65.6 Å². The lowest BCUT2D eigenvalue weighted by Gasteiger charge is -2.27. The number of aromatic amines is 1. The second-order valence-corrected chi connectivity index (χ2v) is 7.96. The van der Waals surface area contributed by atoms with Gasteiger partial charge < -0.3 is 19.9 Å². The van der Waals surface area contributed by atoms with Gasteiger partial charge in [-0.15, -0.1) is 0 Å². The maximum absolute atomic E-state index is 13.6. The molecule has 4 aromatic heterocycles. The summed E-state index contributed by atoms with van der Waals surface area (Å²) < 4.78 is 35.9. The summed E-state index contributed by atoms with van der Waals surface area (Å²) >= 11 is 0. The maximum atomic E-state index is 13.6. The Morgan fingerprint density at radius 3 is 2.68 bits per heavy atom. The largest absolute Gasteiger partial charge is 0.378 e. The van der Waals surface area contributed by atoms with Crippen molar-refractivity contribution in [3.63, 3.8) is 0 Å². The van der Waals surface area contributed by atoms with E-state index in [1.807, 2.05) is 13.2 Å². The number of rotatable bonds is 5. The average Bonchev–Trinajstić information content (AvgIpc) is 3.56. The number of hydrogen-bond acceptors (Lipinski definition) is 8. The zero-order valence-electron chi connectivity index (χ0n) is 18.2. The van der Waals surface area contributed by atoms with Crippen LogP contribution >= 0.6 is 0 Å². The second kappa shape index (κ2) is 8.02. The maximum Gasteiger partial charge on any atom is 0.230 e. The molecule has 0 aliphatic carbocycles. The standard InChI is InChI=1S/C21H20F2N10O/c1-31-11-12(8-25-31)13-9-26-33-19(13)29-21(32-2-4-34-5-3-32)30-20(33)24-10-18-27-16-6-14(22)15(23)7-17(16)28-18/h6-9,11H,2-5,10H2,1H3,(H,27,28)(H,24,29,30). The van der Waals surface area contributed by atoms with Gasteiger partial charge in [0.2, 0.25) is 11.9 Å². The predicted molar refractivity (Wildman–Crippen MR) is 119 cm³/mol. The van der Waals surface area contributed by atoms with Crippen LogP contribution in [0.25, 0.3) is 27.8 Å². The SMILES string of the molecule is Cn1cc(-c2cnn3c(NCc4nc5cc(F)c(F)cc5[nH]4)nc(N4CCOCC4)nc23)cn1. The van der Waals surface area contributed by atoms with E-state index in [4.69, 9.17) is 14.7 Å². The minimum absolute atomic E-state index is 0.231. The van der Waals surface area contributed by atoms with Crippen molar-refractivity contribution >= 4 is 28.6 Å². The molecule has 0 atom stereocenters. The molecule has 0 amide bonds. The third kappa shape index (κ3) is 3.59. The van der Waals surface area contributed by atoms with Crippen molar-refractivity contribution in [1.82, 2.24) is 39.3 Å². The summed E-state index contributed by atoms with van der Waals surface area (Å²) in [6.07, 6.45) is 5.38. The molecular formula is C21H20F2N10O. The van der Waals surface area contributed by atoms with E-state index in [-0.39, 0.29) is 6.54 Å². The predicted octanol–water partition coefficient (Wildman–Crippen LogP) is 2.13. The van der Waals surface area contributed by atoms with Crippen molar-refractivity contribution in [1.29, 1.82) is 0 Å². The molecule has 1 fully saturated rings. The first kappa shape index (κ1) is 20.5. The molecule has 11 nitrogen and oxygen atoms in total. The van der Waals surface area contributed by atoms with E-state index in [0.29, 0.717) is 60.7 Å². The van der Waals surface area contributed by atoms with Gasteiger partial charge in [-0.2, -0.15) is 24.7 Å². The van der Waals surface area contributed by atoms with Crippen molar-refractivity contribution in [3.05, 3.63) is 48.2 Å². The quantitative estimate of drug-likeness (QED) is 0.405. The molecule has 5 heterocycles. The fourth-order valence-corrected chi connectivity index (χ4v) is 3.95. The molecule has 34 heavy (non-hydrogen) atoms. The van der Waals surface area contributed by atoms with Crippen LogP contribution in [0.15, 0.2) is 30.7 Å². The third-order valence-electron chi connectivity index (χ3n) is 5.65. The van der Waals surface area contributed by atoms with Gasteiger partial charge in [0.1, 0.15) is 5.82 Å². The summed E-state index contributed by atoms with van der Waals surface area (Å²) in [6, 6.07) is 2.16. The Bertz CT molecular complexity index is 1460. The Labute approximate surface area is 191 Å². The number of fused-ring (bicyclic) bond motifs is 2. The van der Waals surface area contributed by atoms with E-state index in [9.17, 15) is 8.78 Å². The van der Waals surface area contributed by atoms with Gasteiger partial charge >= 0.3 is 0 Å². The molecule has 1 aliphatic heterocycles. The number of hydrogen-bond donors (Lipinski definition) is 2. The summed E-state index contributed by atoms with van der Waals surface area (Å²) in [5.74, 6) is -0.357. The molecule has 0 saturated carbocycles. The van der Waals surface area contributed by atoms with Crippen LogP contribution in [0.4, 0.5) is 20.7 Å². The van der Waals surface area contributed by atoms with Gasteiger partial charge in [0.25, 0.3) is 0 Å². The van der Waals surface area contributed by atoms with Gasteiger partial charge in [0.05, 0.1) is 43.2 Å². The zero-order valence-corrected chi connectivity index (χ0v) is 18.2. The topological polar surface area (TPSA) is 114 Å². The lowest BCUT2D eigenvalue weighted by molar-refractivity contribution is 0.122. The minimum atomic E-state index is -0.939. The summed E-state index contributed by atoms with van der Waals surface area (Å²) in [6.45, 7) is 2.77. The molecule has 174 valence electrons. The first-order valence-electron chi connectivity index (χ1n) is 10.7. The number of anilines is 2. The van der Waals surface area contributed by atoms with Crippen LogP contribution in [0.5, 0.6) is 0 Å². The average molecular weight is 466 g/mol. The zero-order chi connectivity index (χ0) is 23.2. The molecule has 1 saturated heterocycles. The summed E-state index contributed by atoms with van der Waals surface area (Å²) in [7, 11) is 1.85. The molecule has 13 heteroatoms. The van der Waals surface area contributed by atoms with E-state index in [2.05, 4.69) is 30.4 Å². The molecule has 0 unspecified atom stereocenters. The van der Waals surface area contributed by atoms with Crippen LogP contribution in [0, 0.1) is 11.6 Å². The van der Waals surface area contributed by atoms with Gasteiger partial charge in [-0.1, -0.05) is 0 Å². The fourth-order valence-electron chi connectivity index (χ4n) is 3.95. The highest BCUT2D eigenvalue weighted by Crippen LogP contribution is 2.26. The Morgan fingerprint density at radius 2 is 1.88 bits per heavy atom. The lowest BCUT2D eigenvalue weighted by Crippen LogP contribution is -2.37. The van der Waals surface area contributed by atoms with E-state index >= 15 is 0 Å². The Hall–Kier alpha value is -4.13. The van der Waals surface area contributed by atoms with Gasteiger partial charge in [0.15, 0.2) is 17.3 Å². The number of ether oxygens (including phenoxy) is 1. The van der Waals surface area contributed by atoms with Crippen LogP contribution in [-0.2, 0) is 18.3 Å². The van der Waals surface area contributed by atoms with Crippen LogP contribution in [0.3, 0.4) is 0 Å². The molecule has 0 bridgehead atoms. The number of H-pyrrole nitrogens is 1. The summed E-state index contributed by atoms with van der Waals surface area (Å²) in [5.41, 5.74) is 3.09. The van der Waals surface area contributed by atoms with Crippen molar-refractivity contribution in [2.75, 3.05) is 36.5 Å². The van der Waals surface area contributed by atoms with Crippen LogP contribution in [0.1, 0.15) is 5.82 Å². The Morgan fingerprint density at radius 1 is 1.06 bits per heavy atom. The van der Waals surface area contributed by atoms with Crippen molar-refractivity contribution < 1.29 is 13.5 Å². The van der Waals surface area contributed by atoms with Gasteiger partial charge in [-0.25, -0.2) is 13.8 Å². The molecule has 0 radical (unpaired) electrons. The van der Waals surface area contributed by atoms with Crippen LogP contribution < -0.4 is 10.2 Å². The summed E-state index contributed by atoms with van der Waals surface area (Å²) in [5, 5.41) is 12.0. The lowest BCUT2D eigenvalue weighted by atomic mass is 10.2. The molecule has 1 aromatic carbocycles. The van der Waals surface area contributed by atoms with Crippen molar-refractivity contribution in [3.8, 4) is 11.1 Å².